The Balaban J connectivity index is 2.11. The predicted molar refractivity (Wildman–Crippen MR) is 65.2 cm³/mol. The lowest BCUT2D eigenvalue weighted by Gasteiger charge is -2.34. The van der Waals surface area contributed by atoms with Crippen molar-refractivity contribution in [1.82, 2.24) is 4.98 Å². The molecule has 0 N–H and O–H groups in total. The molecular weight excluding hydrogens is 257 g/mol. The zero-order valence-electron chi connectivity index (χ0n) is 10.6. The highest BCUT2D eigenvalue weighted by Gasteiger charge is 2.41. The van der Waals surface area contributed by atoms with Gasteiger partial charge in [-0.3, -0.25) is 4.79 Å². The van der Waals surface area contributed by atoms with E-state index in [9.17, 15) is 18.0 Å². The van der Waals surface area contributed by atoms with E-state index in [2.05, 4.69) is 4.98 Å². The summed E-state index contributed by atoms with van der Waals surface area (Å²) in [6.07, 6.45) is -2.07. The SMILES string of the molecule is CC(=O)c1ccc(N2CCCC(C(F)(F)F)C2)nc1. The number of carbonyl (C=O) groups excluding carboxylic acids is 1. The van der Waals surface area contributed by atoms with Crippen molar-refractivity contribution in [2.45, 2.75) is 25.9 Å². The first-order valence-corrected chi connectivity index (χ1v) is 6.16. The van der Waals surface area contributed by atoms with Gasteiger partial charge in [-0.05, 0) is 31.9 Å². The number of hydrogen-bond donors (Lipinski definition) is 0. The number of alkyl halides is 3. The lowest BCUT2D eigenvalue weighted by molar-refractivity contribution is -0.176. The molecule has 0 spiro atoms. The Bertz CT molecular complexity index is 456. The van der Waals surface area contributed by atoms with Crippen molar-refractivity contribution in [2.24, 2.45) is 5.92 Å². The summed E-state index contributed by atoms with van der Waals surface area (Å²) in [4.78, 5) is 16.8. The van der Waals surface area contributed by atoms with Gasteiger partial charge >= 0.3 is 6.18 Å². The Morgan fingerprint density at radius 2 is 2.16 bits per heavy atom. The number of Topliss-reactive ketones (excluding diaryl/α,β-unsaturated/α-hetero) is 1. The number of halogens is 3. The largest absolute Gasteiger partial charge is 0.393 e. The highest BCUT2D eigenvalue weighted by Crippen LogP contribution is 2.34. The van der Waals surface area contributed by atoms with Gasteiger partial charge in [0.2, 0.25) is 0 Å². The van der Waals surface area contributed by atoms with Gasteiger partial charge in [-0.25, -0.2) is 4.98 Å². The predicted octanol–water partition coefficient (Wildman–Crippen LogP) is 3.06. The van der Waals surface area contributed by atoms with Crippen LogP contribution in [0.5, 0.6) is 0 Å². The van der Waals surface area contributed by atoms with Crippen molar-refractivity contribution < 1.29 is 18.0 Å². The zero-order chi connectivity index (χ0) is 14.0. The molecule has 0 aliphatic carbocycles. The fraction of sp³-hybridized carbons (Fsp3) is 0.538. The number of ketones is 1. The van der Waals surface area contributed by atoms with Crippen molar-refractivity contribution in [3.05, 3.63) is 23.9 Å². The van der Waals surface area contributed by atoms with Gasteiger partial charge in [-0.1, -0.05) is 0 Å². The van der Waals surface area contributed by atoms with Crippen LogP contribution in [0.4, 0.5) is 19.0 Å². The summed E-state index contributed by atoms with van der Waals surface area (Å²) in [7, 11) is 0. The summed E-state index contributed by atoms with van der Waals surface area (Å²) in [5.74, 6) is -0.902. The molecule has 0 amide bonds. The first-order chi connectivity index (χ1) is 8.88. The molecule has 3 nitrogen and oxygen atoms in total. The molecule has 2 heterocycles. The van der Waals surface area contributed by atoms with Crippen LogP contribution >= 0.6 is 0 Å². The van der Waals surface area contributed by atoms with Crippen LogP contribution in [0.15, 0.2) is 18.3 Å². The van der Waals surface area contributed by atoms with E-state index in [1.54, 1.807) is 17.0 Å². The number of pyridine rings is 1. The first-order valence-electron chi connectivity index (χ1n) is 6.16. The van der Waals surface area contributed by atoms with Crippen LogP contribution in [0.2, 0.25) is 0 Å². The third-order valence-electron chi connectivity index (χ3n) is 3.36. The molecule has 1 aromatic rings. The van der Waals surface area contributed by atoms with Crippen LogP contribution in [0.3, 0.4) is 0 Å². The smallest absolute Gasteiger partial charge is 0.356 e. The van der Waals surface area contributed by atoms with Crippen LogP contribution in [-0.4, -0.2) is 30.0 Å². The molecule has 1 aliphatic rings. The topological polar surface area (TPSA) is 33.2 Å². The number of rotatable bonds is 2. The number of hydrogen-bond acceptors (Lipinski definition) is 3. The van der Waals surface area contributed by atoms with Crippen LogP contribution in [0.1, 0.15) is 30.1 Å². The molecule has 1 saturated heterocycles. The van der Waals surface area contributed by atoms with E-state index < -0.39 is 12.1 Å². The molecule has 1 fully saturated rings. The van der Waals surface area contributed by atoms with Gasteiger partial charge < -0.3 is 4.90 Å². The highest BCUT2D eigenvalue weighted by atomic mass is 19.4. The van der Waals surface area contributed by atoms with Gasteiger partial charge in [0.05, 0.1) is 5.92 Å². The number of carbonyl (C=O) groups is 1. The Morgan fingerprint density at radius 3 is 2.68 bits per heavy atom. The van der Waals surface area contributed by atoms with Crippen molar-refractivity contribution in [3.8, 4) is 0 Å². The maximum atomic E-state index is 12.7. The number of anilines is 1. The Labute approximate surface area is 109 Å². The van der Waals surface area contributed by atoms with Crippen LogP contribution in [0, 0.1) is 5.92 Å². The van der Waals surface area contributed by atoms with Crippen LogP contribution < -0.4 is 4.90 Å². The minimum atomic E-state index is -4.15. The number of nitrogens with zero attached hydrogens (tertiary/aromatic N) is 2. The fourth-order valence-corrected chi connectivity index (χ4v) is 2.23. The summed E-state index contributed by atoms with van der Waals surface area (Å²) in [6.45, 7) is 1.94. The van der Waals surface area contributed by atoms with E-state index >= 15 is 0 Å². The maximum absolute atomic E-state index is 12.7. The Kier molecular flexibility index (Phi) is 3.78. The lowest BCUT2D eigenvalue weighted by Crippen LogP contribution is -2.42. The van der Waals surface area contributed by atoms with E-state index in [-0.39, 0.29) is 18.7 Å². The Hall–Kier alpha value is -1.59. The van der Waals surface area contributed by atoms with E-state index in [0.717, 1.165) is 0 Å². The molecule has 0 saturated carbocycles. The molecule has 104 valence electrons. The second-order valence-corrected chi connectivity index (χ2v) is 4.79. The number of aromatic nitrogens is 1. The van der Waals surface area contributed by atoms with Gasteiger partial charge in [0.15, 0.2) is 5.78 Å². The second kappa shape index (κ2) is 5.19. The second-order valence-electron chi connectivity index (χ2n) is 4.79. The van der Waals surface area contributed by atoms with Crippen molar-refractivity contribution in [2.75, 3.05) is 18.0 Å². The third kappa shape index (κ3) is 3.24. The van der Waals surface area contributed by atoms with Crippen LogP contribution in [-0.2, 0) is 0 Å². The standard InChI is InChI=1S/C13H15F3N2O/c1-9(19)10-4-5-12(17-7-10)18-6-2-3-11(8-18)13(14,15)16/h4-5,7,11H,2-3,6,8H2,1H3. The van der Waals surface area contributed by atoms with E-state index in [1.807, 2.05) is 0 Å². The monoisotopic (exact) mass is 272 g/mol. The minimum Gasteiger partial charge on any atom is -0.356 e. The summed E-state index contributed by atoms with van der Waals surface area (Å²) in [5.41, 5.74) is 0.466. The van der Waals surface area contributed by atoms with Crippen molar-refractivity contribution in [1.29, 1.82) is 0 Å². The summed E-state index contributed by atoms with van der Waals surface area (Å²) in [6, 6.07) is 3.21. The van der Waals surface area contributed by atoms with Crippen molar-refractivity contribution in [3.63, 3.8) is 0 Å². The average Bonchev–Trinajstić information content (AvgIpc) is 2.38. The molecular formula is C13H15F3N2O. The third-order valence-corrected chi connectivity index (χ3v) is 3.36. The summed E-state index contributed by atoms with van der Waals surface area (Å²) in [5, 5.41) is 0. The van der Waals surface area contributed by atoms with Gasteiger partial charge in [0, 0.05) is 24.8 Å². The molecule has 1 aromatic heterocycles. The molecule has 19 heavy (non-hydrogen) atoms. The summed E-state index contributed by atoms with van der Waals surface area (Å²) < 4.78 is 38.1. The van der Waals surface area contributed by atoms with Gasteiger partial charge in [-0.15, -0.1) is 0 Å². The molecule has 1 aliphatic heterocycles. The molecule has 0 bridgehead atoms. The van der Waals surface area contributed by atoms with E-state index in [0.29, 0.717) is 24.3 Å². The Morgan fingerprint density at radius 1 is 1.42 bits per heavy atom. The van der Waals surface area contributed by atoms with Gasteiger partial charge in [0.1, 0.15) is 5.82 Å². The van der Waals surface area contributed by atoms with Gasteiger partial charge in [0.25, 0.3) is 0 Å². The molecule has 2 rings (SSSR count). The maximum Gasteiger partial charge on any atom is 0.393 e. The number of piperidine rings is 1. The first kappa shape index (κ1) is 13.8. The summed E-state index contributed by atoms with van der Waals surface area (Å²) >= 11 is 0. The van der Waals surface area contributed by atoms with E-state index in [1.165, 1.54) is 13.1 Å². The lowest BCUT2D eigenvalue weighted by atomic mass is 9.97. The van der Waals surface area contributed by atoms with E-state index in [4.69, 9.17) is 0 Å². The molecule has 1 atom stereocenters. The normalized spacial score (nSPS) is 20.4. The quantitative estimate of drug-likeness (QED) is 0.776. The highest BCUT2D eigenvalue weighted by molar-refractivity contribution is 5.93. The minimum absolute atomic E-state index is 0.0596. The van der Waals surface area contributed by atoms with Crippen LogP contribution in [0.25, 0.3) is 0 Å². The molecule has 6 heteroatoms. The average molecular weight is 272 g/mol. The van der Waals surface area contributed by atoms with Gasteiger partial charge in [-0.2, -0.15) is 13.2 Å². The molecule has 0 aromatic carbocycles. The zero-order valence-corrected chi connectivity index (χ0v) is 10.6. The fourth-order valence-electron chi connectivity index (χ4n) is 2.23. The molecule has 0 radical (unpaired) electrons. The van der Waals surface area contributed by atoms with Crippen molar-refractivity contribution >= 4 is 11.6 Å². The molecule has 1 unspecified atom stereocenters.